The number of ether oxygens (including phenoxy) is 1. The van der Waals surface area contributed by atoms with Gasteiger partial charge in [-0.1, -0.05) is 22.9 Å². The predicted molar refractivity (Wildman–Crippen MR) is 123 cm³/mol. The monoisotopic (exact) mass is 453 g/mol. The molecule has 0 aliphatic carbocycles. The molecular formula is C23H17ClFN3O2S. The number of carbonyl (C=O) groups excluding carboxylic acids is 1. The molecular weight excluding hydrogens is 437 g/mol. The summed E-state index contributed by atoms with van der Waals surface area (Å²) in [6.45, 7) is 2.49. The molecule has 0 aliphatic heterocycles. The Labute approximate surface area is 187 Å². The van der Waals surface area contributed by atoms with Gasteiger partial charge in [0, 0.05) is 10.6 Å². The number of hydrogen-bond donors (Lipinski definition) is 0. The van der Waals surface area contributed by atoms with Crippen molar-refractivity contribution in [2.45, 2.75) is 6.92 Å². The smallest absolute Gasteiger partial charge is 0.280 e. The van der Waals surface area contributed by atoms with E-state index in [2.05, 4.69) is 10.1 Å². The van der Waals surface area contributed by atoms with Crippen LogP contribution < -0.4 is 9.75 Å². The maximum Gasteiger partial charge on any atom is 0.280 e. The molecule has 8 heteroatoms. The summed E-state index contributed by atoms with van der Waals surface area (Å²) >= 11 is 7.13. The Bertz CT molecular complexity index is 1240. The molecule has 0 bridgehead atoms. The fourth-order valence-electron chi connectivity index (χ4n) is 2.82. The van der Waals surface area contributed by atoms with Gasteiger partial charge in [-0.15, -0.1) is 0 Å². The zero-order valence-corrected chi connectivity index (χ0v) is 18.0. The van der Waals surface area contributed by atoms with Crippen molar-refractivity contribution in [2.75, 3.05) is 11.6 Å². The molecule has 3 aromatic carbocycles. The van der Waals surface area contributed by atoms with Crippen LogP contribution in [-0.4, -0.2) is 23.7 Å². The van der Waals surface area contributed by atoms with Gasteiger partial charge in [0.25, 0.3) is 5.91 Å². The molecule has 5 nitrogen and oxygen atoms in total. The first-order chi connectivity index (χ1) is 15.0. The van der Waals surface area contributed by atoms with E-state index in [4.69, 9.17) is 16.3 Å². The van der Waals surface area contributed by atoms with Crippen molar-refractivity contribution >= 4 is 50.4 Å². The summed E-state index contributed by atoms with van der Waals surface area (Å²) in [5.41, 5.74) is 1.77. The summed E-state index contributed by atoms with van der Waals surface area (Å²) in [6.07, 6.45) is 1.57. The van der Waals surface area contributed by atoms with E-state index in [1.54, 1.807) is 36.5 Å². The van der Waals surface area contributed by atoms with Crippen LogP contribution in [0.5, 0.6) is 5.75 Å². The van der Waals surface area contributed by atoms with Crippen LogP contribution in [0.4, 0.5) is 9.52 Å². The minimum atomic E-state index is -0.376. The third-order valence-electron chi connectivity index (χ3n) is 4.32. The zero-order valence-electron chi connectivity index (χ0n) is 16.5. The number of carbonyl (C=O) groups is 1. The van der Waals surface area contributed by atoms with E-state index in [0.29, 0.717) is 32.5 Å². The molecule has 1 aromatic heterocycles. The number of hydrazone groups is 1. The van der Waals surface area contributed by atoms with Gasteiger partial charge in [0.05, 0.1) is 23.0 Å². The van der Waals surface area contributed by atoms with E-state index >= 15 is 0 Å². The van der Waals surface area contributed by atoms with Crippen molar-refractivity contribution in [1.82, 2.24) is 4.98 Å². The fourth-order valence-corrected chi connectivity index (χ4v) is 3.89. The van der Waals surface area contributed by atoms with Crippen molar-refractivity contribution in [3.8, 4) is 5.75 Å². The summed E-state index contributed by atoms with van der Waals surface area (Å²) in [7, 11) is 0. The molecule has 0 aliphatic rings. The molecule has 1 amide bonds. The van der Waals surface area contributed by atoms with Gasteiger partial charge in [0.15, 0.2) is 0 Å². The summed E-state index contributed by atoms with van der Waals surface area (Å²) in [5, 5.41) is 6.47. The highest BCUT2D eigenvalue weighted by Gasteiger charge is 2.21. The Balaban J connectivity index is 1.70. The first-order valence-corrected chi connectivity index (χ1v) is 10.7. The number of thiazole rings is 1. The van der Waals surface area contributed by atoms with Crippen molar-refractivity contribution in [3.05, 3.63) is 88.7 Å². The highest BCUT2D eigenvalue weighted by molar-refractivity contribution is 7.22. The van der Waals surface area contributed by atoms with E-state index in [0.717, 1.165) is 11.3 Å². The van der Waals surface area contributed by atoms with Crippen LogP contribution in [0.15, 0.2) is 71.8 Å². The average molecular weight is 454 g/mol. The molecule has 0 radical (unpaired) electrons. The number of anilines is 1. The molecule has 4 aromatic rings. The third-order valence-corrected chi connectivity index (χ3v) is 5.56. The lowest BCUT2D eigenvalue weighted by atomic mass is 10.2. The first kappa shape index (κ1) is 21.0. The van der Waals surface area contributed by atoms with E-state index in [-0.39, 0.29) is 11.7 Å². The topological polar surface area (TPSA) is 54.8 Å². The maximum absolute atomic E-state index is 13.6. The fraction of sp³-hybridized carbons (Fsp3) is 0.0870. The Morgan fingerprint density at radius 1 is 1.16 bits per heavy atom. The molecule has 4 rings (SSSR count). The van der Waals surface area contributed by atoms with Crippen molar-refractivity contribution < 1.29 is 13.9 Å². The standard InChI is InChI=1S/C23H17ClFN3O2S/c1-2-30-19-10-3-15(4-11-19)14-26-28(22(29)16-5-7-17(24)8-6-16)23-27-20-12-9-18(25)13-21(20)31-23/h3-14H,2H2,1H3/b26-14+. The minimum absolute atomic E-state index is 0.336. The highest BCUT2D eigenvalue weighted by Crippen LogP contribution is 2.30. The van der Waals surface area contributed by atoms with E-state index in [1.165, 1.54) is 28.5 Å². The normalized spacial score (nSPS) is 11.2. The van der Waals surface area contributed by atoms with Crippen LogP contribution in [0.1, 0.15) is 22.8 Å². The second-order valence-electron chi connectivity index (χ2n) is 6.48. The summed E-state index contributed by atoms with van der Waals surface area (Å²) in [4.78, 5) is 17.7. The number of fused-ring (bicyclic) bond motifs is 1. The summed E-state index contributed by atoms with van der Waals surface area (Å²) < 4.78 is 19.7. The van der Waals surface area contributed by atoms with Crippen LogP contribution in [0.2, 0.25) is 5.02 Å². The largest absolute Gasteiger partial charge is 0.494 e. The Hall–Kier alpha value is -3.29. The number of rotatable bonds is 6. The van der Waals surface area contributed by atoms with Crippen LogP contribution in [0, 0.1) is 5.82 Å². The van der Waals surface area contributed by atoms with Gasteiger partial charge in [0.1, 0.15) is 11.6 Å². The molecule has 0 unspecified atom stereocenters. The molecule has 0 atom stereocenters. The molecule has 1 heterocycles. The van der Waals surface area contributed by atoms with Gasteiger partial charge in [-0.25, -0.2) is 9.37 Å². The van der Waals surface area contributed by atoms with Crippen LogP contribution in [0.25, 0.3) is 10.2 Å². The number of aromatic nitrogens is 1. The molecule has 0 spiro atoms. The van der Waals surface area contributed by atoms with Crippen LogP contribution in [-0.2, 0) is 0 Å². The molecule has 0 saturated carbocycles. The average Bonchev–Trinajstić information content (AvgIpc) is 3.18. The number of amides is 1. The van der Waals surface area contributed by atoms with E-state index in [1.807, 2.05) is 31.2 Å². The predicted octanol–water partition coefficient (Wildman–Crippen LogP) is 6.17. The second-order valence-corrected chi connectivity index (χ2v) is 7.92. The van der Waals surface area contributed by atoms with Crippen LogP contribution in [0.3, 0.4) is 0 Å². The maximum atomic E-state index is 13.6. The number of benzene rings is 3. The van der Waals surface area contributed by atoms with Crippen molar-refractivity contribution in [1.29, 1.82) is 0 Å². The van der Waals surface area contributed by atoms with E-state index < -0.39 is 0 Å². The number of halogens is 2. The van der Waals surface area contributed by atoms with Crippen molar-refractivity contribution in [3.63, 3.8) is 0 Å². The van der Waals surface area contributed by atoms with Gasteiger partial charge < -0.3 is 4.74 Å². The van der Waals surface area contributed by atoms with Gasteiger partial charge in [0.2, 0.25) is 5.13 Å². The lowest BCUT2D eigenvalue weighted by Gasteiger charge is -2.14. The quantitative estimate of drug-likeness (QED) is 0.259. The second kappa shape index (κ2) is 9.24. The highest BCUT2D eigenvalue weighted by atomic mass is 35.5. The summed E-state index contributed by atoms with van der Waals surface area (Å²) in [5.74, 6) is 0.0106. The molecule has 31 heavy (non-hydrogen) atoms. The third kappa shape index (κ3) is 4.90. The number of hydrogen-bond acceptors (Lipinski definition) is 5. The van der Waals surface area contributed by atoms with Gasteiger partial charge in [-0.2, -0.15) is 10.1 Å². The van der Waals surface area contributed by atoms with E-state index in [9.17, 15) is 9.18 Å². The number of nitrogens with zero attached hydrogens (tertiary/aromatic N) is 3. The Kier molecular flexibility index (Phi) is 6.25. The molecule has 0 saturated heterocycles. The van der Waals surface area contributed by atoms with Crippen LogP contribution >= 0.6 is 22.9 Å². The zero-order chi connectivity index (χ0) is 21.8. The Morgan fingerprint density at radius 3 is 2.61 bits per heavy atom. The Morgan fingerprint density at radius 2 is 1.90 bits per heavy atom. The molecule has 0 fully saturated rings. The minimum Gasteiger partial charge on any atom is -0.494 e. The lowest BCUT2D eigenvalue weighted by molar-refractivity contribution is 0.0988. The SMILES string of the molecule is CCOc1ccc(/C=N/N(C(=O)c2ccc(Cl)cc2)c2nc3ccc(F)cc3s2)cc1. The van der Waals surface area contributed by atoms with Gasteiger partial charge in [-0.3, -0.25) is 4.79 Å². The summed E-state index contributed by atoms with van der Waals surface area (Å²) in [6, 6.07) is 18.2. The van der Waals surface area contributed by atoms with Gasteiger partial charge >= 0.3 is 0 Å². The van der Waals surface area contributed by atoms with Crippen molar-refractivity contribution in [2.24, 2.45) is 5.10 Å². The van der Waals surface area contributed by atoms with Gasteiger partial charge in [-0.05, 0) is 79.2 Å². The first-order valence-electron chi connectivity index (χ1n) is 9.46. The molecule has 0 N–H and O–H groups in total. The molecule has 156 valence electrons. The lowest BCUT2D eigenvalue weighted by Crippen LogP contribution is -2.25.